The Hall–Kier alpha value is -0.810. The summed E-state index contributed by atoms with van der Waals surface area (Å²) in [6.07, 6.45) is 6.48. The highest BCUT2D eigenvalue weighted by atomic mass is 16.1. The predicted octanol–water partition coefficient (Wildman–Crippen LogP) is 0.285. The Morgan fingerprint density at radius 1 is 1.50 bits per heavy atom. The quantitative estimate of drug-likeness (QED) is 0.484. The lowest BCUT2D eigenvalue weighted by molar-refractivity contribution is -0.121. The van der Waals surface area contributed by atoms with E-state index in [1.807, 2.05) is 0 Å². The second-order valence-corrected chi connectivity index (χ2v) is 2.52. The van der Waals surface area contributed by atoms with Crippen molar-refractivity contribution in [2.75, 3.05) is 19.6 Å². The van der Waals surface area contributed by atoms with Crippen LogP contribution in [-0.4, -0.2) is 30.3 Å². The summed E-state index contributed by atoms with van der Waals surface area (Å²) in [4.78, 5) is 12.9. The highest BCUT2D eigenvalue weighted by Crippen LogP contribution is 2.03. The fraction of sp³-hybridized carbons (Fsp3) is 0.625. The van der Waals surface area contributed by atoms with Crippen LogP contribution in [0.4, 0.5) is 0 Å². The number of carbonyl (C=O) groups is 1. The van der Waals surface area contributed by atoms with Crippen LogP contribution in [0, 0.1) is 12.3 Å². The fourth-order valence-electron chi connectivity index (χ4n) is 1.09. The van der Waals surface area contributed by atoms with Crippen molar-refractivity contribution in [2.45, 2.75) is 12.8 Å². The van der Waals surface area contributed by atoms with Crippen LogP contribution in [0.2, 0.25) is 0 Å². The van der Waals surface area contributed by atoms with E-state index in [0.29, 0.717) is 25.2 Å². The molecule has 2 nitrogen and oxygen atoms in total. The Balaban J connectivity index is 2.27. The van der Waals surface area contributed by atoms with Crippen LogP contribution in [0.25, 0.3) is 0 Å². The smallest absolute Gasteiger partial charge is 0.135 e. The van der Waals surface area contributed by atoms with E-state index in [1.54, 1.807) is 0 Å². The highest BCUT2D eigenvalue weighted by molar-refractivity contribution is 5.79. The molecule has 1 saturated heterocycles. The Labute approximate surface area is 61.2 Å². The molecule has 1 aliphatic heterocycles. The largest absolute Gasteiger partial charge is 0.300 e. The molecule has 1 fully saturated rings. The molecule has 0 atom stereocenters. The Morgan fingerprint density at radius 2 is 2.10 bits per heavy atom. The molecule has 0 spiro atoms. The molecular weight excluding hydrogens is 126 g/mol. The first kappa shape index (κ1) is 7.30. The molecule has 0 aromatic heterocycles. The second-order valence-electron chi connectivity index (χ2n) is 2.52. The van der Waals surface area contributed by atoms with Gasteiger partial charge in [-0.25, -0.2) is 0 Å². The van der Waals surface area contributed by atoms with Gasteiger partial charge in [0.1, 0.15) is 5.78 Å². The first-order valence-electron chi connectivity index (χ1n) is 3.50. The number of carbonyl (C=O) groups excluding carboxylic acids is 1. The van der Waals surface area contributed by atoms with Crippen molar-refractivity contribution in [1.29, 1.82) is 0 Å². The van der Waals surface area contributed by atoms with Gasteiger partial charge in [0.25, 0.3) is 0 Å². The van der Waals surface area contributed by atoms with E-state index in [0.717, 1.165) is 13.1 Å². The molecule has 0 radical (unpaired) electrons. The number of rotatable bonds is 1. The maximum atomic E-state index is 10.7. The van der Waals surface area contributed by atoms with Crippen LogP contribution < -0.4 is 0 Å². The Morgan fingerprint density at radius 3 is 2.60 bits per heavy atom. The monoisotopic (exact) mass is 137 g/mol. The Kier molecular flexibility index (Phi) is 2.47. The summed E-state index contributed by atoms with van der Waals surface area (Å²) in [5, 5.41) is 0. The van der Waals surface area contributed by atoms with Gasteiger partial charge < -0.3 is 0 Å². The maximum Gasteiger partial charge on any atom is 0.135 e. The molecule has 1 rings (SSSR count). The molecular formula is C8H11NO. The van der Waals surface area contributed by atoms with Crippen molar-refractivity contribution >= 4 is 5.78 Å². The summed E-state index contributed by atoms with van der Waals surface area (Å²) in [7, 11) is 0. The lowest BCUT2D eigenvalue weighted by atomic mass is 10.1. The van der Waals surface area contributed by atoms with Gasteiger partial charge in [-0.3, -0.25) is 9.69 Å². The molecule has 0 unspecified atom stereocenters. The molecule has 54 valence electrons. The van der Waals surface area contributed by atoms with Crippen molar-refractivity contribution in [1.82, 2.24) is 4.90 Å². The highest BCUT2D eigenvalue weighted by Gasteiger charge is 2.13. The van der Waals surface area contributed by atoms with E-state index < -0.39 is 0 Å². The van der Waals surface area contributed by atoms with Gasteiger partial charge >= 0.3 is 0 Å². The normalized spacial score (nSPS) is 20.5. The molecule has 0 saturated carbocycles. The van der Waals surface area contributed by atoms with Gasteiger partial charge in [-0.15, -0.1) is 6.42 Å². The average molecular weight is 137 g/mol. The standard InChI is InChI=1S/C8H11NO/c1-2-5-9-6-3-8(10)4-7-9/h1H,3-7H2. The number of Topliss-reactive ketones (excluding diaryl/α,β-unsaturated/α-hetero) is 1. The molecule has 0 bridgehead atoms. The third-order valence-corrected chi connectivity index (χ3v) is 1.73. The molecule has 10 heavy (non-hydrogen) atoms. The lowest BCUT2D eigenvalue weighted by Crippen LogP contribution is -2.33. The molecule has 0 aromatic rings. The minimum absolute atomic E-state index is 0.369. The molecule has 0 N–H and O–H groups in total. The zero-order valence-corrected chi connectivity index (χ0v) is 5.97. The lowest BCUT2D eigenvalue weighted by Gasteiger charge is -2.22. The number of hydrogen-bond donors (Lipinski definition) is 0. The number of piperidine rings is 1. The van der Waals surface area contributed by atoms with Crippen LogP contribution in [0.1, 0.15) is 12.8 Å². The zero-order valence-electron chi connectivity index (χ0n) is 5.97. The van der Waals surface area contributed by atoms with Crippen molar-refractivity contribution in [3.05, 3.63) is 0 Å². The third kappa shape index (κ3) is 1.85. The average Bonchev–Trinajstić information content (AvgIpc) is 1.95. The van der Waals surface area contributed by atoms with Crippen molar-refractivity contribution in [3.63, 3.8) is 0 Å². The van der Waals surface area contributed by atoms with E-state index in [1.165, 1.54) is 0 Å². The summed E-state index contributed by atoms with van der Waals surface area (Å²) in [5.74, 6) is 2.94. The minimum atomic E-state index is 0.369. The molecule has 1 aliphatic rings. The molecule has 0 aliphatic carbocycles. The number of terminal acetylenes is 1. The predicted molar refractivity (Wildman–Crippen MR) is 39.5 cm³/mol. The van der Waals surface area contributed by atoms with Crippen molar-refractivity contribution in [3.8, 4) is 12.3 Å². The Bertz CT molecular complexity index is 159. The van der Waals surface area contributed by atoms with Crippen molar-refractivity contribution in [2.24, 2.45) is 0 Å². The molecule has 1 heterocycles. The van der Waals surface area contributed by atoms with Crippen molar-refractivity contribution < 1.29 is 4.79 Å². The topological polar surface area (TPSA) is 20.3 Å². The summed E-state index contributed by atoms with van der Waals surface area (Å²) >= 11 is 0. The minimum Gasteiger partial charge on any atom is -0.300 e. The van der Waals surface area contributed by atoms with E-state index in [2.05, 4.69) is 10.8 Å². The van der Waals surface area contributed by atoms with Gasteiger partial charge in [0, 0.05) is 25.9 Å². The number of nitrogens with zero attached hydrogens (tertiary/aromatic N) is 1. The van der Waals surface area contributed by atoms with E-state index in [9.17, 15) is 4.79 Å². The van der Waals surface area contributed by atoms with E-state index >= 15 is 0 Å². The van der Waals surface area contributed by atoms with Crippen LogP contribution >= 0.6 is 0 Å². The SMILES string of the molecule is C#CCN1CCC(=O)CC1. The molecule has 0 aromatic carbocycles. The van der Waals surface area contributed by atoms with Crippen LogP contribution in [0.15, 0.2) is 0 Å². The van der Waals surface area contributed by atoms with E-state index in [-0.39, 0.29) is 0 Å². The number of likely N-dealkylation sites (tertiary alicyclic amines) is 1. The van der Waals surface area contributed by atoms with Crippen LogP contribution in [-0.2, 0) is 4.79 Å². The first-order chi connectivity index (χ1) is 4.83. The first-order valence-corrected chi connectivity index (χ1v) is 3.50. The maximum absolute atomic E-state index is 10.7. The van der Waals surface area contributed by atoms with Crippen LogP contribution in [0.5, 0.6) is 0 Å². The third-order valence-electron chi connectivity index (χ3n) is 1.73. The van der Waals surface area contributed by atoms with Gasteiger partial charge in [-0.05, 0) is 0 Å². The van der Waals surface area contributed by atoms with Crippen LogP contribution in [0.3, 0.4) is 0 Å². The van der Waals surface area contributed by atoms with E-state index in [4.69, 9.17) is 6.42 Å². The van der Waals surface area contributed by atoms with Gasteiger partial charge in [-0.2, -0.15) is 0 Å². The van der Waals surface area contributed by atoms with Gasteiger partial charge in [0.05, 0.1) is 6.54 Å². The summed E-state index contributed by atoms with van der Waals surface area (Å²) in [5.41, 5.74) is 0. The summed E-state index contributed by atoms with van der Waals surface area (Å²) < 4.78 is 0. The number of ketones is 1. The van der Waals surface area contributed by atoms with Gasteiger partial charge in [-0.1, -0.05) is 5.92 Å². The molecule has 2 heteroatoms. The summed E-state index contributed by atoms with van der Waals surface area (Å²) in [6.45, 7) is 2.39. The number of hydrogen-bond acceptors (Lipinski definition) is 2. The zero-order chi connectivity index (χ0) is 7.40. The van der Waals surface area contributed by atoms with Gasteiger partial charge in [0.15, 0.2) is 0 Å². The fourth-order valence-corrected chi connectivity index (χ4v) is 1.09. The second kappa shape index (κ2) is 3.38. The summed E-state index contributed by atoms with van der Waals surface area (Å²) in [6, 6.07) is 0. The van der Waals surface area contributed by atoms with Gasteiger partial charge in [0.2, 0.25) is 0 Å². The molecule has 0 amide bonds.